The average molecular weight is 436 g/mol. The molecule has 4 rings (SSSR count). The van der Waals surface area contributed by atoms with E-state index in [1.165, 1.54) is 5.56 Å². The van der Waals surface area contributed by atoms with Gasteiger partial charge in [0, 0.05) is 18.0 Å². The summed E-state index contributed by atoms with van der Waals surface area (Å²) in [6, 6.07) is 20.3. The molecule has 32 heavy (non-hydrogen) atoms. The van der Waals surface area contributed by atoms with Crippen molar-refractivity contribution >= 4 is 0 Å². The summed E-state index contributed by atoms with van der Waals surface area (Å²) < 4.78 is 27.5. The smallest absolute Gasteiger partial charge is 0.231 e. The fraction of sp³-hybridized carbons (Fsp3) is 0.308. The van der Waals surface area contributed by atoms with E-state index in [2.05, 4.69) is 29.6 Å². The highest BCUT2D eigenvalue weighted by atomic mass is 16.7. The van der Waals surface area contributed by atoms with E-state index in [0.717, 1.165) is 59.4 Å². The molecule has 0 amide bonds. The molecule has 1 atom stereocenters. The summed E-state index contributed by atoms with van der Waals surface area (Å²) in [4.78, 5) is 0. The van der Waals surface area contributed by atoms with E-state index >= 15 is 0 Å². The molecule has 6 nitrogen and oxygen atoms in total. The van der Waals surface area contributed by atoms with Crippen LogP contribution in [0.3, 0.4) is 0 Å². The Bertz CT molecular complexity index is 1050. The maximum Gasteiger partial charge on any atom is 0.231 e. The van der Waals surface area contributed by atoms with Crippen molar-refractivity contribution in [1.29, 1.82) is 0 Å². The van der Waals surface area contributed by atoms with E-state index in [-0.39, 0.29) is 12.7 Å². The van der Waals surface area contributed by atoms with E-state index in [1.807, 2.05) is 36.4 Å². The van der Waals surface area contributed by atoms with Crippen LogP contribution >= 0.6 is 0 Å². The molecule has 0 unspecified atom stereocenters. The summed E-state index contributed by atoms with van der Waals surface area (Å²) in [7, 11) is 5.01. The fourth-order valence-corrected chi connectivity index (χ4v) is 4.06. The minimum Gasteiger partial charge on any atom is -0.496 e. The molecule has 1 heterocycles. The van der Waals surface area contributed by atoms with Gasteiger partial charge < -0.3 is 29.0 Å². The van der Waals surface area contributed by atoms with Gasteiger partial charge in [-0.1, -0.05) is 30.3 Å². The van der Waals surface area contributed by atoms with Crippen LogP contribution in [-0.2, 0) is 6.54 Å². The maximum absolute atomic E-state index is 5.66. The molecule has 0 radical (unpaired) electrons. The van der Waals surface area contributed by atoms with E-state index in [4.69, 9.17) is 23.7 Å². The second-order valence-electron chi connectivity index (χ2n) is 7.56. The number of ether oxygens (including phenoxy) is 5. The number of fused-ring (bicyclic) bond motifs is 1. The highest BCUT2D eigenvalue weighted by molar-refractivity contribution is 5.49. The van der Waals surface area contributed by atoms with Crippen LogP contribution < -0.4 is 29.0 Å². The Balaban J connectivity index is 1.49. The van der Waals surface area contributed by atoms with Gasteiger partial charge in [-0.15, -0.1) is 0 Å². The van der Waals surface area contributed by atoms with Gasteiger partial charge in [0.05, 0.1) is 21.3 Å². The Morgan fingerprint density at radius 2 is 1.59 bits per heavy atom. The summed E-state index contributed by atoms with van der Waals surface area (Å²) in [5.74, 6) is 4.09. The number of hydrogen-bond acceptors (Lipinski definition) is 6. The normalized spacial score (nSPS) is 13.0. The first-order chi connectivity index (χ1) is 15.7. The van der Waals surface area contributed by atoms with Gasteiger partial charge >= 0.3 is 0 Å². The third kappa shape index (κ3) is 4.75. The molecule has 1 aliphatic rings. The van der Waals surface area contributed by atoms with Crippen molar-refractivity contribution in [1.82, 2.24) is 5.32 Å². The van der Waals surface area contributed by atoms with Crippen molar-refractivity contribution in [2.75, 3.05) is 34.7 Å². The predicted molar refractivity (Wildman–Crippen MR) is 123 cm³/mol. The lowest BCUT2D eigenvalue weighted by Crippen LogP contribution is -2.18. The van der Waals surface area contributed by atoms with Crippen LogP contribution in [0.25, 0.3) is 0 Å². The zero-order valence-corrected chi connectivity index (χ0v) is 18.7. The van der Waals surface area contributed by atoms with Gasteiger partial charge in [-0.2, -0.15) is 0 Å². The van der Waals surface area contributed by atoms with Crippen LogP contribution in [0.1, 0.15) is 29.0 Å². The van der Waals surface area contributed by atoms with Crippen molar-refractivity contribution in [3.63, 3.8) is 0 Å². The quantitative estimate of drug-likeness (QED) is 0.464. The van der Waals surface area contributed by atoms with Gasteiger partial charge in [-0.05, 0) is 54.4 Å². The minimum atomic E-state index is 0.151. The molecule has 0 saturated carbocycles. The first kappa shape index (κ1) is 21.8. The van der Waals surface area contributed by atoms with Gasteiger partial charge in [0.15, 0.2) is 23.0 Å². The minimum absolute atomic E-state index is 0.151. The van der Waals surface area contributed by atoms with Crippen LogP contribution in [0.2, 0.25) is 0 Å². The van der Waals surface area contributed by atoms with E-state index in [1.54, 1.807) is 21.3 Å². The summed E-state index contributed by atoms with van der Waals surface area (Å²) in [6.07, 6.45) is 0.896. The number of para-hydroxylation sites is 1. The van der Waals surface area contributed by atoms with E-state index in [0.29, 0.717) is 0 Å². The van der Waals surface area contributed by atoms with Crippen LogP contribution in [0.5, 0.6) is 28.7 Å². The molecule has 1 N–H and O–H groups in total. The molecule has 6 heteroatoms. The summed E-state index contributed by atoms with van der Waals surface area (Å²) >= 11 is 0. The van der Waals surface area contributed by atoms with Crippen LogP contribution in [0.15, 0.2) is 60.7 Å². The highest BCUT2D eigenvalue weighted by Crippen LogP contribution is 2.39. The van der Waals surface area contributed by atoms with Gasteiger partial charge in [0.1, 0.15) is 5.75 Å². The standard InChI is InChI=1S/C26H29NO5/c1-28-22-7-5-4-6-21(22)20(19-9-11-24-26(15-19)32-17-31-24)12-13-27-16-18-8-10-23(29-2)25(14-18)30-3/h4-11,14-15,20,27H,12-13,16-17H2,1-3H3/t20-/m0/s1. The predicted octanol–water partition coefficient (Wildman–Crippen LogP) is 4.75. The molecular weight excluding hydrogens is 406 g/mol. The average Bonchev–Trinajstić information content (AvgIpc) is 3.32. The molecule has 168 valence electrons. The lowest BCUT2D eigenvalue weighted by atomic mass is 9.87. The number of hydrogen-bond donors (Lipinski definition) is 1. The van der Waals surface area contributed by atoms with Crippen LogP contribution in [-0.4, -0.2) is 34.7 Å². The second kappa shape index (κ2) is 10.3. The number of nitrogens with one attached hydrogen (secondary N) is 1. The molecule has 0 aliphatic carbocycles. The summed E-state index contributed by atoms with van der Waals surface area (Å²) in [5.41, 5.74) is 3.47. The number of benzene rings is 3. The Labute approximate surface area is 189 Å². The summed E-state index contributed by atoms with van der Waals surface area (Å²) in [5, 5.41) is 3.56. The Morgan fingerprint density at radius 1 is 0.812 bits per heavy atom. The van der Waals surface area contributed by atoms with Crippen molar-refractivity contribution < 1.29 is 23.7 Å². The Hall–Kier alpha value is -3.38. The highest BCUT2D eigenvalue weighted by Gasteiger charge is 2.21. The lowest BCUT2D eigenvalue weighted by molar-refractivity contribution is 0.174. The van der Waals surface area contributed by atoms with E-state index in [9.17, 15) is 0 Å². The largest absolute Gasteiger partial charge is 0.496 e. The van der Waals surface area contributed by atoms with Crippen LogP contribution in [0, 0.1) is 0 Å². The molecular formula is C26H29NO5. The zero-order valence-electron chi connectivity index (χ0n) is 18.7. The zero-order chi connectivity index (χ0) is 22.3. The Morgan fingerprint density at radius 3 is 2.41 bits per heavy atom. The molecule has 3 aromatic carbocycles. The van der Waals surface area contributed by atoms with Crippen molar-refractivity contribution in [2.24, 2.45) is 0 Å². The molecule has 0 aromatic heterocycles. The molecule has 0 bridgehead atoms. The topological polar surface area (TPSA) is 58.2 Å². The third-order valence-electron chi connectivity index (χ3n) is 5.70. The van der Waals surface area contributed by atoms with Crippen LogP contribution in [0.4, 0.5) is 0 Å². The first-order valence-electron chi connectivity index (χ1n) is 10.7. The second-order valence-corrected chi connectivity index (χ2v) is 7.56. The molecule has 1 aliphatic heterocycles. The molecule has 0 spiro atoms. The molecule has 0 saturated heterocycles. The van der Waals surface area contributed by atoms with Crippen molar-refractivity contribution in [3.8, 4) is 28.7 Å². The van der Waals surface area contributed by atoms with Gasteiger partial charge in [0.2, 0.25) is 6.79 Å². The lowest BCUT2D eigenvalue weighted by Gasteiger charge is -2.21. The molecule has 3 aromatic rings. The van der Waals surface area contributed by atoms with Gasteiger partial charge in [0.25, 0.3) is 0 Å². The fourth-order valence-electron chi connectivity index (χ4n) is 4.06. The monoisotopic (exact) mass is 435 g/mol. The third-order valence-corrected chi connectivity index (χ3v) is 5.70. The number of rotatable bonds is 10. The molecule has 0 fully saturated rings. The van der Waals surface area contributed by atoms with Crippen molar-refractivity contribution in [3.05, 3.63) is 77.4 Å². The van der Waals surface area contributed by atoms with Gasteiger partial charge in [-0.25, -0.2) is 0 Å². The first-order valence-corrected chi connectivity index (χ1v) is 10.7. The number of methoxy groups -OCH3 is 3. The SMILES string of the molecule is COc1ccc(CNCC[C@@H](c2ccc3c(c2)OCO3)c2ccccc2OC)cc1OC. The van der Waals surface area contributed by atoms with E-state index < -0.39 is 0 Å². The van der Waals surface area contributed by atoms with Crippen molar-refractivity contribution in [2.45, 2.75) is 18.9 Å². The Kier molecular flexibility index (Phi) is 7.02. The maximum atomic E-state index is 5.66. The summed E-state index contributed by atoms with van der Waals surface area (Å²) in [6.45, 7) is 1.83. The van der Waals surface area contributed by atoms with Gasteiger partial charge in [-0.3, -0.25) is 0 Å².